The predicted octanol–water partition coefficient (Wildman–Crippen LogP) is 2.58. The van der Waals surface area contributed by atoms with Gasteiger partial charge in [0.05, 0.1) is 17.8 Å². The molecule has 3 aromatic heterocycles. The van der Waals surface area contributed by atoms with E-state index in [0.717, 1.165) is 16.3 Å². The van der Waals surface area contributed by atoms with Crippen LogP contribution in [0.4, 0.5) is 5.69 Å². The number of rotatable bonds is 5. The Morgan fingerprint density at radius 1 is 1.22 bits per heavy atom. The van der Waals surface area contributed by atoms with E-state index in [0.29, 0.717) is 17.2 Å². The molecule has 0 atom stereocenters. The number of thiazole rings is 1. The van der Waals surface area contributed by atoms with Crippen LogP contribution in [0.3, 0.4) is 0 Å². The summed E-state index contributed by atoms with van der Waals surface area (Å²) in [6.45, 7) is 0. The topological polar surface area (TPSA) is 98.5 Å². The van der Waals surface area contributed by atoms with Crippen LogP contribution in [0.25, 0.3) is 22.1 Å². The fourth-order valence-corrected chi connectivity index (χ4v) is 3.37. The summed E-state index contributed by atoms with van der Waals surface area (Å²) in [7, 11) is 1.77. The van der Waals surface area contributed by atoms with Crippen LogP contribution >= 0.6 is 11.3 Å². The van der Waals surface area contributed by atoms with Crippen molar-refractivity contribution in [1.29, 1.82) is 0 Å². The SMILES string of the molecule is Cn1nnnc1-c1cccc(NC(=O)Cc2csc(-c3ccccn3)n2)c1. The largest absolute Gasteiger partial charge is 0.326 e. The molecule has 0 unspecified atom stereocenters. The first-order valence-corrected chi connectivity index (χ1v) is 9.05. The first-order valence-electron chi connectivity index (χ1n) is 8.17. The Bertz CT molecular complexity index is 1070. The second-order valence-electron chi connectivity index (χ2n) is 5.79. The van der Waals surface area contributed by atoms with Crippen LogP contribution in [0.1, 0.15) is 5.69 Å². The van der Waals surface area contributed by atoms with E-state index in [1.807, 2.05) is 47.8 Å². The van der Waals surface area contributed by atoms with Crippen molar-refractivity contribution in [2.45, 2.75) is 6.42 Å². The third kappa shape index (κ3) is 3.87. The molecule has 0 saturated heterocycles. The molecule has 0 spiro atoms. The average Bonchev–Trinajstić information content (AvgIpc) is 3.31. The lowest BCUT2D eigenvalue weighted by molar-refractivity contribution is -0.115. The average molecular weight is 377 g/mol. The van der Waals surface area contributed by atoms with E-state index in [9.17, 15) is 4.79 Å². The summed E-state index contributed by atoms with van der Waals surface area (Å²) in [4.78, 5) is 21.2. The Kier molecular flexibility index (Phi) is 4.67. The molecule has 134 valence electrons. The molecule has 1 aromatic carbocycles. The summed E-state index contributed by atoms with van der Waals surface area (Å²) in [5, 5.41) is 17.0. The van der Waals surface area contributed by atoms with Crippen LogP contribution in [-0.4, -0.2) is 36.1 Å². The van der Waals surface area contributed by atoms with Gasteiger partial charge in [-0.05, 0) is 34.7 Å². The predicted molar refractivity (Wildman–Crippen MR) is 102 cm³/mol. The maximum atomic E-state index is 12.4. The molecule has 1 N–H and O–H groups in total. The number of aromatic nitrogens is 6. The number of pyridine rings is 1. The number of hydrogen-bond donors (Lipinski definition) is 1. The van der Waals surface area contributed by atoms with Crippen molar-refractivity contribution < 1.29 is 4.79 Å². The second kappa shape index (κ2) is 7.42. The lowest BCUT2D eigenvalue weighted by atomic mass is 10.2. The first kappa shape index (κ1) is 17.0. The van der Waals surface area contributed by atoms with Gasteiger partial charge < -0.3 is 5.32 Å². The monoisotopic (exact) mass is 377 g/mol. The van der Waals surface area contributed by atoms with Crippen LogP contribution in [0.2, 0.25) is 0 Å². The lowest BCUT2D eigenvalue weighted by Crippen LogP contribution is -2.14. The quantitative estimate of drug-likeness (QED) is 0.574. The molecule has 3 heterocycles. The Labute approximate surface area is 158 Å². The van der Waals surface area contributed by atoms with Gasteiger partial charge in [-0.25, -0.2) is 9.67 Å². The van der Waals surface area contributed by atoms with Gasteiger partial charge in [0.1, 0.15) is 5.01 Å². The van der Waals surface area contributed by atoms with Gasteiger partial charge >= 0.3 is 0 Å². The maximum absolute atomic E-state index is 12.4. The number of tetrazole rings is 1. The highest BCUT2D eigenvalue weighted by atomic mass is 32.1. The van der Waals surface area contributed by atoms with Gasteiger partial charge in [0.25, 0.3) is 0 Å². The Morgan fingerprint density at radius 3 is 2.93 bits per heavy atom. The van der Waals surface area contributed by atoms with Crippen molar-refractivity contribution in [3.8, 4) is 22.1 Å². The van der Waals surface area contributed by atoms with E-state index in [1.165, 1.54) is 11.3 Å². The van der Waals surface area contributed by atoms with Crippen LogP contribution in [0.15, 0.2) is 54.0 Å². The van der Waals surface area contributed by atoms with Crippen molar-refractivity contribution in [1.82, 2.24) is 30.2 Å². The van der Waals surface area contributed by atoms with Crippen molar-refractivity contribution in [3.63, 3.8) is 0 Å². The molecule has 4 rings (SSSR count). The second-order valence-corrected chi connectivity index (χ2v) is 6.65. The van der Waals surface area contributed by atoms with E-state index in [4.69, 9.17) is 0 Å². The smallest absolute Gasteiger partial charge is 0.230 e. The summed E-state index contributed by atoms with van der Waals surface area (Å²) in [5.74, 6) is 0.492. The molecule has 0 aliphatic rings. The molecule has 0 fully saturated rings. The third-order valence-electron chi connectivity index (χ3n) is 3.80. The normalized spacial score (nSPS) is 10.7. The molecular formula is C18H15N7OS. The molecule has 0 bridgehead atoms. The summed E-state index contributed by atoms with van der Waals surface area (Å²) in [6, 6.07) is 13.1. The molecule has 9 heteroatoms. The first-order chi connectivity index (χ1) is 13.2. The Hall–Kier alpha value is -3.46. The summed E-state index contributed by atoms with van der Waals surface area (Å²) < 4.78 is 1.58. The van der Waals surface area contributed by atoms with E-state index in [2.05, 4.69) is 30.8 Å². The van der Waals surface area contributed by atoms with Crippen molar-refractivity contribution in [3.05, 3.63) is 59.7 Å². The molecule has 0 radical (unpaired) electrons. The van der Waals surface area contributed by atoms with E-state index >= 15 is 0 Å². The number of carbonyl (C=O) groups is 1. The number of benzene rings is 1. The summed E-state index contributed by atoms with van der Waals surface area (Å²) >= 11 is 1.47. The molecule has 4 aromatic rings. The Balaban J connectivity index is 1.44. The van der Waals surface area contributed by atoms with Gasteiger partial charge in [0.15, 0.2) is 5.82 Å². The van der Waals surface area contributed by atoms with Crippen LogP contribution in [0.5, 0.6) is 0 Å². The number of hydrogen-bond acceptors (Lipinski definition) is 7. The van der Waals surface area contributed by atoms with Crippen molar-refractivity contribution >= 4 is 22.9 Å². The zero-order chi connectivity index (χ0) is 18.6. The number of nitrogens with zero attached hydrogens (tertiary/aromatic N) is 6. The van der Waals surface area contributed by atoms with Crippen molar-refractivity contribution in [2.24, 2.45) is 7.05 Å². The molecule has 0 aliphatic heterocycles. The van der Waals surface area contributed by atoms with Gasteiger partial charge in [-0.1, -0.05) is 18.2 Å². The molecule has 8 nitrogen and oxygen atoms in total. The summed E-state index contributed by atoms with van der Waals surface area (Å²) in [5.41, 5.74) is 3.03. The number of aryl methyl sites for hydroxylation is 1. The highest BCUT2D eigenvalue weighted by molar-refractivity contribution is 7.13. The number of carbonyl (C=O) groups excluding carboxylic acids is 1. The van der Waals surface area contributed by atoms with Crippen LogP contribution in [-0.2, 0) is 18.3 Å². The van der Waals surface area contributed by atoms with Crippen LogP contribution < -0.4 is 5.32 Å². The fourth-order valence-electron chi connectivity index (χ4n) is 2.57. The van der Waals surface area contributed by atoms with E-state index < -0.39 is 0 Å². The molecular weight excluding hydrogens is 362 g/mol. The fraction of sp³-hybridized carbons (Fsp3) is 0.111. The maximum Gasteiger partial charge on any atom is 0.230 e. The highest BCUT2D eigenvalue weighted by Gasteiger charge is 2.11. The van der Waals surface area contributed by atoms with E-state index in [1.54, 1.807) is 17.9 Å². The van der Waals surface area contributed by atoms with Crippen LogP contribution in [0, 0.1) is 0 Å². The number of nitrogens with one attached hydrogen (secondary N) is 1. The number of anilines is 1. The van der Waals surface area contributed by atoms with Gasteiger partial charge in [0.2, 0.25) is 5.91 Å². The Morgan fingerprint density at radius 2 is 2.15 bits per heavy atom. The van der Waals surface area contributed by atoms with Gasteiger partial charge in [-0.15, -0.1) is 16.4 Å². The summed E-state index contributed by atoms with van der Waals surface area (Å²) in [6.07, 6.45) is 1.92. The van der Waals surface area contributed by atoms with Crippen molar-refractivity contribution in [2.75, 3.05) is 5.32 Å². The molecule has 1 amide bonds. The zero-order valence-corrected chi connectivity index (χ0v) is 15.2. The molecule has 27 heavy (non-hydrogen) atoms. The third-order valence-corrected chi connectivity index (χ3v) is 4.72. The van der Waals surface area contributed by atoms with Gasteiger partial charge in [-0.3, -0.25) is 9.78 Å². The van der Waals surface area contributed by atoms with E-state index in [-0.39, 0.29) is 12.3 Å². The minimum Gasteiger partial charge on any atom is -0.326 e. The zero-order valence-electron chi connectivity index (χ0n) is 14.4. The minimum absolute atomic E-state index is 0.138. The van der Waals surface area contributed by atoms with Gasteiger partial charge in [-0.2, -0.15) is 0 Å². The lowest BCUT2D eigenvalue weighted by Gasteiger charge is -2.06. The highest BCUT2D eigenvalue weighted by Crippen LogP contribution is 2.22. The minimum atomic E-state index is -0.138. The van der Waals surface area contributed by atoms with Gasteiger partial charge in [0, 0.05) is 29.9 Å². The number of amides is 1. The standard InChI is InChI=1S/C18H15N7OS/c1-25-17(22-23-24-25)12-5-4-6-13(9-12)20-16(26)10-14-11-27-18(21-14)15-7-2-3-8-19-15/h2-9,11H,10H2,1H3,(H,20,26). The molecule has 0 aliphatic carbocycles. The molecule has 0 saturated carbocycles.